The highest BCUT2D eigenvalue weighted by Crippen LogP contribution is 2.16. The number of thiocarbonyl (C=S) groups is 1. The number of hydrogen-bond donors (Lipinski definition) is 0. The monoisotopic (exact) mass is 220 g/mol. The zero-order valence-corrected chi connectivity index (χ0v) is 9.15. The minimum atomic E-state index is 0.336. The molecule has 0 amide bonds. The minimum absolute atomic E-state index is 0.336. The molecule has 1 fully saturated rings. The number of nitrogens with zero attached hydrogens (tertiary/aromatic N) is 4. The van der Waals surface area contributed by atoms with E-state index in [1.807, 2.05) is 6.07 Å². The summed E-state index contributed by atoms with van der Waals surface area (Å²) in [7, 11) is 0. The third-order valence-corrected chi connectivity index (χ3v) is 2.64. The van der Waals surface area contributed by atoms with Crippen molar-refractivity contribution in [2.24, 2.45) is 4.99 Å². The Morgan fingerprint density at radius 2 is 2.00 bits per heavy atom. The maximum absolute atomic E-state index is 4.60. The summed E-state index contributed by atoms with van der Waals surface area (Å²) in [5.74, 6) is 0.808. The molecule has 1 aromatic rings. The third kappa shape index (κ3) is 2.58. The summed E-state index contributed by atoms with van der Waals surface area (Å²) >= 11 is 4.60. The average molecular weight is 220 g/mol. The van der Waals surface area contributed by atoms with Crippen molar-refractivity contribution in [3.63, 3.8) is 0 Å². The maximum atomic E-state index is 4.60. The van der Waals surface area contributed by atoms with Gasteiger partial charge in [-0.15, -0.1) is 0 Å². The largest absolute Gasteiger partial charge is 0.341 e. The molecule has 0 spiro atoms. The second kappa shape index (κ2) is 4.96. The molecule has 0 saturated carbocycles. The predicted molar refractivity (Wildman–Crippen MR) is 62.3 cm³/mol. The molecule has 1 saturated heterocycles. The van der Waals surface area contributed by atoms with Crippen LogP contribution >= 0.6 is 12.2 Å². The van der Waals surface area contributed by atoms with Crippen LogP contribution in [0.1, 0.15) is 12.8 Å². The van der Waals surface area contributed by atoms with Crippen LogP contribution < -0.4 is 4.90 Å². The molecule has 0 N–H and O–H groups in total. The van der Waals surface area contributed by atoms with Crippen LogP contribution in [0, 0.1) is 0 Å². The molecular weight excluding hydrogens is 208 g/mol. The topological polar surface area (TPSA) is 41.4 Å². The van der Waals surface area contributed by atoms with E-state index in [0.717, 1.165) is 31.9 Å². The Labute approximate surface area is 94.1 Å². The molecule has 0 aromatic carbocycles. The van der Waals surface area contributed by atoms with Crippen molar-refractivity contribution in [2.75, 3.05) is 18.0 Å². The van der Waals surface area contributed by atoms with Gasteiger partial charge >= 0.3 is 0 Å². The summed E-state index contributed by atoms with van der Waals surface area (Å²) in [5, 5.41) is 2.45. The first kappa shape index (κ1) is 10.2. The van der Waals surface area contributed by atoms with E-state index in [2.05, 4.69) is 37.2 Å². The normalized spacial score (nSPS) is 17.2. The maximum Gasteiger partial charge on any atom is 0.225 e. The predicted octanol–water partition coefficient (Wildman–Crippen LogP) is 1.55. The molecule has 0 atom stereocenters. The smallest absolute Gasteiger partial charge is 0.225 e. The lowest BCUT2D eigenvalue weighted by Crippen LogP contribution is -2.36. The Kier molecular flexibility index (Phi) is 3.37. The van der Waals surface area contributed by atoms with E-state index in [9.17, 15) is 0 Å². The average Bonchev–Trinajstić information content (AvgIpc) is 2.32. The third-order valence-electron chi connectivity index (χ3n) is 2.53. The quantitative estimate of drug-likeness (QED) is 0.560. The molecule has 5 heteroatoms. The lowest BCUT2D eigenvalue weighted by molar-refractivity contribution is 0.499. The van der Waals surface area contributed by atoms with Crippen molar-refractivity contribution in [1.82, 2.24) is 9.97 Å². The fraction of sp³-hybridized carbons (Fsp3) is 0.500. The molecule has 0 aliphatic carbocycles. The summed E-state index contributed by atoms with van der Waals surface area (Å²) in [5.41, 5.74) is 0. The summed E-state index contributed by atoms with van der Waals surface area (Å²) in [6.45, 7) is 1.88. The number of anilines is 1. The van der Waals surface area contributed by atoms with E-state index >= 15 is 0 Å². The Hall–Kier alpha value is -1.32. The zero-order valence-electron chi connectivity index (χ0n) is 8.33. The van der Waals surface area contributed by atoms with Crippen molar-refractivity contribution in [1.29, 1.82) is 0 Å². The van der Waals surface area contributed by atoms with E-state index in [0.29, 0.717) is 6.04 Å². The van der Waals surface area contributed by atoms with Gasteiger partial charge in [0.05, 0.1) is 11.2 Å². The van der Waals surface area contributed by atoms with Gasteiger partial charge in [-0.1, -0.05) is 0 Å². The van der Waals surface area contributed by atoms with Gasteiger partial charge in [0.1, 0.15) is 0 Å². The molecular formula is C10H12N4S. The molecule has 0 bridgehead atoms. The highest BCUT2D eigenvalue weighted by molar-refractivity contribution is 7.78. The van der Waals surface area contributed by atoms with Crippen LogP contribution in [0.25, 0.3) is 0 Å². The molecule has 1 aromatic heterocycles. The van der Waals surface area contributed by atoms with E-state index in [4.69, 9.17) is 0 Å². The first-order chi connectivity index (χ1) is 7.40. The molecule has 4 nitrogen and oxygen atoms in total. The Balaban J connectivity index is 1.97. The Morgan fingerprint density at radius 1 is 1.33 bits per heavy atom. The molecule has 1 aliphatic rings. The number of piperidine rings is 1. The van der Waals surface area contributed by atoms with Crippen LogP contribution in [0.5, 0.6) is 0 Å². The SMILES string of the molecule is S=C=NC1CCN(c2ncccn2)CC1. The number of hydrogen-bond acceptors (Lipinski definition) is 5. The van der Waals surface area contributed by atoms with Crippen LogP contribution in [-0.4, -0.2) is 34.3 Å². The molecule has 0 radical (unpaired) electrons. The fourth-order valence-electron chi connectivity index (χ4n) is 1.72. The van der Waals surface area contributed by atoms with Crippen molar-refractivity contribution in [2.45, 2.75) is 18.9 Å². The van der Waals surface area contributed by atoms with Gasteiger partial charge in [0.2, 0.25) is 5.95 Å². The standard InChI is InChI=1S/C10H12N4S/c15-8-13-9-2-6-14(7-3-9)10-11-4-1-5-12-10/h1,4-5,9H,2-3,6-7H2. The lowest BCUT2D eigenvalue weighted by atomic mass is 10.1. The first-order valence-electron chi connectivity index (χ1n) is 4.99. The number of aromatic nitrogens is 2. The number of isothiocyanates is 1. The highest BCUT2D eigenvalue weighted by Gasteiger charge is 2.19. The summed E-state index contributed by atoms with van der Waals surface area (Å²) in [6.07, 6.45) is 5.54. The van der Waals surface area contributed by atoms with Gasteiger partial charge in [-0.3, -0.25) is 0 Å². The summed E-state index contributed by atoms with van der Waals surface area (Å²) < 4.78 is 0. The van der Waals surface area contributed by atoms with Crippen molar-refractivity contribution < 1.29 is 0 Å². The second-order valence-electron chi connectivity index (χ2n) is 3.49. The van der Waals surface area contributed by atoms with Crippen molar-refractivity contribution >= 4 is 23.3 Å². The Bertz CT molecular complexity index is 353. The number of rotatable bonds is 2. The summed E-state index contributed by atoms with van der Waals surface area (Å²) in [4.78, 5) is 14.7. The van der Waals surface area contributed by atoms with E-state index < -0.39 is 0 Å². The number of aliphatic imine (C=N–C) groups is 1. The van der Waals surface area contributed by atoms with Crippen LogP contribution in [0.2, 0.25) is 0 Å². The second-order valence-corrected chi connectivity index (χ2v) is 3.67. The van der Waals surface area contributed by atoms with Crippen molar-refractivity contribution in [3.8, 4) is 0 Å². The van der Waals surface area contributed by atoms with Gasteiger partial charge in [0.15, 0.2) is 0 Å². The minimum Gasteiger partial charge on any atom is -0.341 e. The van der Waals surface area contributed by atoms with Gasteiger partial charge in [-0.25, -0.2) is 15.0 Å². The summed E-state index contributed by atoms with van der Waals surface area (Å²) in [6, 6.07) is 2.16. The molecule has 0 unspecified atom stereocenters. The van der Waals surface area contributed by atoms with Gasteiger partial charge < -0.3 is 4.90 Å². The molecule has 78 valence electrons. The van der Waals surface area contributed by atoms with Gasteiger partial charge in [-0.2, -0.15) is 0 Å². The van der Waals surface area contributed by atoms with Crippen LogP contribution in [0.4, 0.5) is 5.95 Å². The fourth-order valence-corrected chi connectivity index (χ4v) is 1.87. The Morgan fingerprint density at radius 3 is 2.60 bits per heavy atom. The van der Waals surface area contributed by atoms with E-state index in [-0.39, 0.29) is 0 Å². The van der Waals surface area contributed by atoms with Gasteiger partial charge in [-0.05, 0) is 31.1 Å². The van der Waals surface area contributed by atoms with E-state index in [1.54, 1.807) is 12.4 Å². The van der Waals surface area contributed by atoms with Gasteiger partial charge in [0, 0.05) is 25.5 Å². The molecule has 2 heterocycles. The van der Waals surface area contributed by atoms with Gasteiger partial charge in [0.25, 0.3) is 0 Å². The van der Waals surface area contributed by atoms with Crippen molar-refractivity contribution in [3.05, 3.63) is 18.5 Å². The molecule has 15 heavy (non-hydrogen) atoms. The van der Waals surface area contributed by atoms with Crippen LogP contribution in [0.15, 0.2) is 23.5 Å². The molecule has 1 aliphatic heterocycles. The lowest BCUT2D eigenvalue weighted by Gasteiger charge is -2.29. The zero-order chi connectivity index (χ0) is 10.5. The van der Waals surface area contributed by atoms with Crippen LogP contribution in [0.3, 0.4) is 0 Å². The van der Waals surface area contributed by atoms with Crippen LogP contribution in [-0.2, 0) is 0 Å². The van der Waals surface area contributed by atoms with E-state index in [1.165, 1.54) is 0 Å². The molecule has 2 rings (SSSR count). The highest BCUT2D eigenvalue weighted by atomic mass is 32.1. The first-order valence-corrected chi connectivity index (χ1v) is 5.40.